The van der Waals surface area contributed by atoms with Crippen molar-refractivity contribution in [3.8, 4) is 0 Å². The van der Waals surface area contributed by atoms with Gasteiger partial charge < -0.3 is 16.8 Å². The standard InChI is InChI=1S/C11H16BrN3O/c1-6(2)10(11(14)16)15-9-4-3-7(13)5-8(9)12/h3-6,10,15H,13H2,1-2H3,(H2,14,16). The number of primary amides is 1. The number of hydrogen-bond acceptors (Lipinski definition) is 3. The second kappa shape index (κ2) is 5.21. The second-order valence-electron chi connectivity index (χ2n) is 4.01. The van der Waals surface area contributed by atoms with E-state index in [1.807, 2.05) is 19.9 Å². The minimum Gasteiger partial charge on any atom is -0.399 e. The molecular formula is C11H16BrN3O. The van der Waals surface area contributed by atoms with Crippen LogP contribution in [-0.4, -0.2) is 11.9 Å². The van der Waals surface area contributed by atoms with Gasteiger partial charge in [-0.3, -0.25) is 4.79 Å². The first-order valence-corrected chi connectivity index (χ1v) is 5.82. The largest absolute Gasteiger partial charge is 0.399 e. The molecule has 0 fully saturated rings. The molecule has 16 heavy (non-hydrogen) atoms. The first kappa shape index (κ1) is 12.8. The van der Waals surface area contributed by atoms with E-state index in [4.69, 9.17) is 11.5 Å². The Kier molecular flexibility index (Phi) is 4.18. The fourth-order valence-electron chi connectivity index (χ4n) is 1.38. The number of anilines is 2. The predicted molar refractivity (Wildman–Crippen MR) is 70.0 cm³/mol. The molecule has 5 N–H and O–H groups in total. The van der Waals surface area contributed by atoms with Gasteiger partial charge in [-0.1, -0.05) is 13.8 Å². The molecule has 4 nitrogen and oxygen atoms in total. The molecule has 0 aliphatic rings. The van der Waals surface area contributed by atoms with Crippen molar-refractivity contribution in [2.45, 2.75) is 19.9 Å². The summed E-state index contributed by atoms with van der Waals surface area (Å²) in [5, 5.41) is 3.10. The second-order valence-corrected chi connectivity index (χ2v) is 4.86. The molecule has 0 bridgehead atoms. The summed E-state index contributed by atoms with van der Waals surface area (Å²) in [6, 6.07) is 4.98. The molecule has 0 saturated heterocycles. The molecule has 0 aromatic heterocycles. The van der Waals surface area contributed by atoms with Gasteiger partial charge in [0.2, 0.25) is 5.91 Å². The van der Waals surface area contributed by atoms with E-state index >= 15 is 0 Å². The number of rotatable bonds is 4. The summed E-state index contributed by atoms with van der Waals surface area (Å²) in [4.78, 5) is 11.2. The van der Waals surface area contributed by atoms with Gasteiger partial charge in [-0.15, -0.1) is 0 Å². The van der Waals surface area contributed by atoms with Crippen LogP contribution >= 0.6 is 15.9 Å². The monoisotopic (exact) mass is 285 g/mol. The first-order valence-electron chi connectivity index (χ1n) is 5.02. The summed E-state index contributed by atoms with van der Waals surface area (Å²) in [5.41, 5.74) is 12.4. The van der Waals surface area contributed by atoms with Crippen molar-refractivity contribution in [3.05, 3.63) is 22.7 Å². The van der Waals surface area contributed by atoms with Gasteiger partial charge in [0, 0.05) is 15.8 Å². The highest BCUT2D eigenvalue weighted by atomic mass is 79.9. The Labute approximate surface area is 104 Å². The Morgan fingerprint density at radius 3 is 2.50 bits per heavy atom. The van der Waals surface area contributed by atoms with Crippen molar-refractivity contribution >= 4 is 33.2 Å². The van der Waals surface area contributed by atoms with Crippen molar-refractivity contribution in [1.82, 2.24) is 0 Å². The summed E-state index contributed by atoms with van der Waals surface area (Å²) in [7, 11) is 0. The number of benzene rings is 1. The molecule has 0 aliphatic heterocycles. The lowest BCUT2D eigenvalue weighted by Gasteiger charge is -2.21. The van der Waals surface area contributed by atoms with Crippen LogP contribution in [0.25, 0.3) is 0 Å². The van der Waals surface area contributed by atoms with Gasteiger partial charge in [0.05, 0.1) is 0 Å². The van der Waals surface area contributed by atoms with Gasteiger partial charge in [-0.05, 0) is 40.0 Å². The number of nitrogens with two attached hydrogens (primary N) is 2. The normalized spacial score (nSPS) is 12.5. The zero-order valence-electron chi connectivity index (χ0n) is 9.33. The molecule has 1 rings (SSSR count). The maximum atomic E-state index is 11.2. The molecule has 1 aromatic carbocycles. The summed E-state index contributed by atoms with van der Waals surface area (Å²) < 4.78 is 0.819. The van der Waals surface area contributed by atoms with E-state index in [-0.39, 0.29) is 17.9 Å². The number of carbonyl (C=O) groups excluding carboxylic acids is 1. The molecule has 88 valence electrons. The number of nitrogen functional groups attached to an aromatic ring is 1. The molecule has 1 unspecified atom stereocenters. The van der Waals surface area contributed by atoms with E-state index in [1.54, 1.807) is 12.1 Å². The average molecular weight is 286 g/mol. The summed E-state index contributed by atoms with van der Waals surface area (Å²) in [6.07, 6.45) is 0. The molecular weight excluding hydrogens is 270 g/mol. The number of nitrogens with one attached hydrogen (secondary N) is 1. The van der Waals surface area contributed by atoms with Gasteiger partial charge in [0.15, 0.2) is 0 Å². The predicted octanol–water partition coefficient (Wildman–Crippen LogP) is 1.95. The van der Waals surface area contributed by atoms with Crippen molar-refractivity contribution in [3.63, 3.8) is 0 Å². The molecule has 1 aromatic rings. The van der Waals surface area contributed by atoms with Gasteiger partial charge >= 0.3 is 0 Å². The summed E-state index contributed by atoms with van der Waals surface area (Å²) >= 11 is 3.38. The Morgan fingerprint density at radius 1 is 1.44 bits per heavy atom. The summed E-state index contributed by atoms with van der Waals surface area (Å²) in [6.45, 7) is 3.88. The molecule has 0 spiro atoms. The molecule has 0 saturated carbocycles. The number of amides is 1. The zero-order chi connectivity index (χ0) is 12.3. The van der Waals surface area contributed by atoms with Crippen molar-refractivity contribution < 1.29 is 4.79 Å². The van der Waals surface area contributed by atoms with Crippen molar-refractivity contribution in [2.24, 2.45) is 11.7 Å². The van der Waals surface area contributed by atoms with Gasteiger partial charge in [0.25, 0.3) is 0 Å². The lowest BCUT2D eigenvalue weighted by molar-refractivity contribution is -0.119. The van der Waals surface area contributed by atoms with Crippen LogP contribution in [-0.2, 0) is 4.79 Å². The highest BCUT2D eigenvalue weighted by Gasteiger charge is 2.19. The molecule has 1 amide bonds. The lowest BCUT2D eigenvalue weighted by Crippen LogP contribution is -2.39. The van der Waals surface area contributed by atoms with E-state index in [9.17, 15) is 4.79 Å². The third-order valence-electron chi connectivity index (χ3n) is 2.28. The Morgan fingerprint density at radius 2 is 2.06 bits per heavy atom. The van der Waals surface area contributed by atoms with E-state index in [0.29, 0.717) is 5.69 Å². The third kappa shape index (κ3) is 3.13. The molecule has 0 radical (unpaired) electrons. The van der Waals surface area contributed by atoms with Crippen LogP contribution in [0.15, 0.2) is 22.7 Å². The molecule has 1 atom stereocenters. The summed E-state index contributed by atoms with van der Waals surface area (Å²) in [5.74, 6) is -0.235. The van der Waals surface area contributed by atoms with Gasteiger partial charge in [-0.25, -0.2) is 0 Å². The van der Waals surface area contributed by atoms with Crippen LogP contribution in [0, 0.1) is 5.92 Å². The third-order valence-corrected chi connectivity index (χ3v) is 2.93. The van der Waals surface area contributed by atoms with E-state index in [2.05, 4.69) is 21.2 Å². The Balaban J connectivity index is 2.90. The van der Waals surface area contributed by atoms with E-state index in [1.165, 1.54) is 0 Å². The Bertz CT molecular complexity index is 393. The topological polar surface area (TPSA) is 81.1 Å². The van der Waals surface area contributed by atoms with Crippen LogP contribution in [0.5, 0.6) is 0 Å². The van der Waals surface area contributed by atoms with Crippen molar-refractivity contribution in [1.29, 1.82) is 0 Å². The van der Waals surface area contributed by atoms with Crippen LogP contribution in [0.2, 0.25) is 0 Å². The lowest BCUT2D eigenvalue weighted by atomic mass is 10.0. The number of hydrogen-bond donors (Lipinski definition) is 3. The van der Waals surface area contributed by atoms with Crippen LogP contribution in [0.1, 0.15) is 13.8 Å². The highest BCUT2D eigenvalue weighted by molar-refractivity contribution is 9.10. The van der Waals surface area contributed by atoms with Crippen LogP contribution in [0.4, 0.5) is 11.4 Å². The van der Waals surface area contributed by atoms with Crippen LogP contribution < -0.4 is 16.8 Å². The van der Waals surface area contributed by atoms with Crippen LogP contribution in [0.3, 0.4) is 0 Å². The minimum absolute atomic E-state index is 0.127. The van der Waals surface area contributed by atoms with Gasteiger partial charge in [-0.2, -0.15) is 0 Å². The molecule has 0 aliphatic carbocycles. The Hall–Kier alpha value is -1.23. The maximum Gasteiger partial charge on any atom is 0.240 e. The smallest absolute Gasteiger partial charge is 0.240 e. The number of carbonyl (C=O) groups is 1. The maximum absolute atomic E-state index is 11.2. The zero-order valence-corrected chi connectivity index (χ0v) is 10.9. The van der Waals surface area contributed by atoms with E-state index in [0.717, 1.165) is 10.2 Å². The van der Waals surface area contributed by atoms with Crippen molar-refractivity contribution in [2.75, 3.05) is 11.1 Å². The quantitative estimate of drug-likeness (QED) is 0.740. The average Bonchev–Trinajstić information content (AvgIpc) is 2.15. The van der Waals surface area contributed by atoms with E-state index < -0.39 is 0 Å². The fourth-order valence-corrected chi connectivity index (χ4v) is 1.89. The number of halogens is 1. The molecule has 5 heteroatoms. The SMILES string of the molecule is CC(C)C(Nc1ccc(N)cc1Br)C(N)=O. The first-order chi connectivity index (χ1) is 7.41. The molecule has 0 heterocycles. The minimum atomic E-state index is -0.389. The fraction of sp³-hybridized carbons (Fsp3) is 0.364. The highest BCUT2D eigenvalue weighted by Crippen LogP contribution is 2.26. The van der Waals surface area contributed by atoms with Gasteiger partial charge in [0.1, 0.15) is 6.04 Å².